The van der Waals surface area contributed by atoms with Crippen molar-refractivity contribution in [2.24, 2.45) is 0 Å². The fourth-order valence-electron chi connectivity index (χ4n) is 1.65. The monoisotopic (exact) mass is 387 g/mol. The number of anilines is 1. The van der Waals surface area contributed by atoms with Gasteiger partial charge in [-0.25, -0.2) is 14.6 Å². The quantitative estimate of drug-likeness (QED) is 0.454. The second kappa shape index (κ2) is 9.81. The zero-order chi connectivity index (χ0) is 19.7. The second-order valence-corrected chi connectivity index (χ2v) is 6.39. The van der Waals surface area contributed by atoms with E-state index in [-0.39, 0.29) is 25.0 Å². The molecular formula is C16H22ClN3O6. The van der Waals surface area contributed by atoms with Crippen molar-refractivity contribution < 1.29 is 28.6 Å². The van der Waals surface area contributed by atoms with Crippen molar-refractivity contribution in [2.75, 3.05) is 25.0 Å². The predicted molar refractivity (Wildman–Crippen MR) is 93.7 cm³/mol. The van der Waals surface area contributed by atoms with Crippen molar-refractivity contribution in [3.05, 3.63) is 23.9 Å². The highest BCUT2D eigenvalue weighted by Crippen LogP contribution is 2.14. The molecule has 26 heavy (non-hydrogen) atoms. The van der Waals surface area contributed by atoms with Gasteiger partial charge in [-0.1, -0.05) is 17.7 Å². The fraction of sp³-hybridized carbons (Fsp3) is 0.500. The van der Waals surface area contributed by atoms with Crippen molar-refractivity contribution in [1.29, 1.82) is 0 Å². The number of pyridine rings is 1. The van der Waals surface area contributed by atoms with E-state index < -0.39 is 23.8 Å². The molecule has 0 aromatic carbocycles. The maximum absolute atomic E-state index is 11.9. The van der Waals surface area contributed by atoms with E-state index in [4.69, 9.17) is 21.1 Å². The van der Waals surface area contributed by atoms with E-state index in [0.717, 1.165) is 4.90 Å². The van der Waals surface area contributed by atoms with Crippen LogP contribution in [-0.2, 0) is 25.6 Å². The molecule has 1 aromatic rings. The zero-order valence-corrected chi connectivity index (χ0v) is 15.8. The van der Waals surface area contributed by atoms with E-state index in [9.17, 15) is 14.4 Å². The van der Waals surface area contributed by atoms with Gasteiger partial charge in [0.25, 0.3) is 0 Å². The Hall–Kier alpha value is -2.55. The summed E-state index contributed by atoms with van der Waals surface area (Å²) in [6.45, 7) is 4.74. The number of rotatable bonds is 6. The molecule has 0 aliphatic heterocycles. The summed E-state index contributed by atoms with van der Waals surface area (Å²) in [5.74, 6) is -0.465. The van der Waals surface area contributed by atoms with Gasteiger partial charge >= 0.3 is 18.2 Å². The fourth-order valence-corrected chi connectivity index (χ4v) is 1.75. The molecule has 1 aromatic heterocycles. The van der Waals surface area contributed by atoms with Gasteiger partial charge in [-0.05, 0) is 26.8 Å². The van der Waals surface area contributed by atoms with Gasteiger partial charge < -0.3 is 19.1 Å². The summed E-state index contributed by atoms with van der Waals surface area (Å²) in [6, 6.07) is 2.93. The first-order valence-electron chi connectivity index (χ1n) is 7.65. The van der Waals surface area contributed by atoms with Crippen LogP contribution in [0.25, 0.3) is 0 Å². The van der Waals surface area contributed by atoms with Gasteiger partial charge in [0.2, 0.25) is 0 Å². The highest BCUT2D eigenvalue weighted by Gasteiger charge is 2.21. The summed E-state index contributed by atoms with van der Waals surface area (Å²) in [7, 11) is 1.43. The van der Waals surface area contributed by atoms with E-state index in [1.54, 1.807) is 32.9 Å². The highest BCUT2D eigenvalue weighted by molar-refractivity contribution is 6.17. The number of alkyl halides is 1. The molecule has 0 atom stereocenters. The Kier molecular flexibility index (Phi) is 8.11. The standard InChI is InChI=1S/C16H22ClN3O6/c1-16(2,3)26-15(23)20(4)8-12(21)24-9-11-6-5-7-18-13(11)19-14(22)25-10-17/h5-7H,8-10H2,1-4H3,(H,18,19,22). The number of ether oxygens (including phenoxy) is 3. The molecule has 0 saturated carbocycles. The molecule has 1 heterocycles. The number of nitrogens with one attached hydrogen (secondary N) is 1. The number of carbonyl (C=O) groups is 3. The first-order chi connectivity index (χ1) is 12.1. The summed E-state index contributed by atoms with van der Waals surface area (Å²) in [4.78, 5) is 40.2. The third-order valence-electron chi connectivity index (χ3n) is 2.76. The third kappa shape index (κ3) is 8.02. The Balaban J connectivity index is 2.57. The zero-order valence-electron chi connectivity index (χ0n) is 15.1. The molecular weight excluding hydrogens is 366 g/mol. The topological polar surface area (TPSA) is 107 Å². The minimum absolute atomic E-state index is 0.147. The van der Waals surface area contributed by atoms with Crippen LogP contribution in [0.3, 0.4) is 0 Å². The third-order valence-corrected chi connectivity index (χ3v) is 2.87. The van der Waals surface area contributed by atoms with Crippen LogP contribution in [0.5, 0.6) is 0 Å². The lowest BCUT2D eigenvalue weighted by atomic mass is 10.2. The summed E-state index contributed by atoms with van der Waals surface area (Å²) in [5, 5.41) is 2.39. The lowest BCUT2D eigenvalue weighted by Crippen LogP contribution is -2.37. The molecule has 0 fully saturated rings. The molecule has 144 valence electrons. The number of carbonyl (C=O) groups excluding carboxylic acids is 3. The molecule has 0 unspecified atom stereocenters. The molecule has 0 aliphatic rings. The molecule has 0 saturated heterocycles. The summed E-state index contributed by atoms with van der Waals surface area (Å²) < 4.78 is 14.8. The van der Waals surface area contributed by atoms with E-state index in [0.29, 0.717) is 5.56 Å². The molecule has 2 amide bonds. The van der Waals surface area contributed by atoms with Crippen LogP contribution in [0.15, 0.2) is 18.3 Å². The summed E-state index contributed by atoms with van der Waals surface area (Å²) in [6.07, 6.45) is 0.0377. The van der Waals surface area contributed by atoms with E-state index >= 15 is 0 Å². The summed E-state index contributed by atoms with van der Waals surface area (Å²) >= 11 is 5.30. The SMILES string of the molecule is CN(CC(=O)OCc1cccnc1NC(=O)OCCl)C(=O)OC(C)(C)C. The molecule has 0 radical (unpaired) electrons. The number of hydrogen-bond acceptors (Lipinski definition) is 7. The number of halogens is 1. The average molecular weight is 388 g/mol. The normalized spacial score (nSPS) is 10.7. The highest BCUT2D eigenvalue weighted by atomic mass is 35.5. The lowest BCUT2D eigenvalue weighted by Gasteiger charge is -2.24. The Bertz CT molecular complexity index is 647. The molecule has 0 bridgehead atoms. The molecule has 1 N–H and O–H groups in total. The minimum atomic E-state index is -0.782. The average Bonchev–Trinajstić information content (AvgIpc) is 2.52. The van der Waals surface area contributed by atoms with Gasteiger partial charge in [-0.15, -0.1) is 0 Å². The van der Waals surface area contributed by atoms with Crippen molar-refractivity contribution in [1.82, 2.24) is 9.88 Å². The number of esters is 1. The molecule has 9 nitrogen and oxygen atoms in total. The van der Waals surface area contributed by atoms with Crippen LogP contribution in [0.1, 0.15) is 26.3 Å². The Labute approximate surface area is 156 Å². The van der Waals surface area contributed by atoms with Crippen molar-refractivity contribution in [3.63, 3.8) is 0 Å². The molecule has 10 heteroatoms. The first-order valence-corrected chi connectivity index (χ1v) is 8.19. The van der Waals surface area contributed by atoms with Crippen LogP contribution < -0.4 is 5.32 Å². The van der Waals surface area contributed by atoms with Gasteiger partial charge in [-0.3, -0.25) is 10.1 Å². The van der Waals surface area contributed by atoms with E-state index in [1.807, 2.05) is 0 Å². The Morgan fingerprint density at radius 3 is 2.58 bits per heavy atom. The molecule has 0 spiro atoms. The van der Waals surface area contributed by atoms with Crippen LogP contribution in [0, 0.1) is 0 Å². The van der Waals surface area contributed by atoms with Crippen molar-refractivity contribution >= 4 is 35.6 Å². The number of likely N-dealkylation sites (N-methyl/N-ethyl adjacent to an activating group) is 1. The predicted octanol–water partition coefficient (Wildman–Crippen LogP) is 2.74. The Morgan fingerprint density at radius 2 is 1.96 bits per heavy atom. The second-order valence-electron chi connectivity index (χ2n) is 6.17. The van der Waals surface area contributed by atoms with E-state index in [2.05, 4.69) is 15.0 Å². The van der Waals surface area contributed by atoms with Crippen LogP contribution in [0.4, 0.5) is 15.4 Å². The van der Waals surface area contributed by atoms with Gasteiger partial charge in [-0.2, -0.15) is 0 Å². The smallest absolute Gasteiger partial charge is 0.414 e. The molecule has 0 aliphatic carbocycles. The lowest BCUT2D eigenvalue weighted by molar-refractivity contribution is -0.145. The minimum Gasteiger partial charge on any atom is -0.459 e. The van der Waals surface area contributed by atoms with Gasteiger partial charge in [0.05, 0.1) is 0 Å². The van der Waals surface area contributed by atoms with Crippen LogP contribution in [-0.4, -0.2) is 53.3 Å². The van der Waals surface area contributed by atoms with Gasteiger partial charge in [0.1, 0.15) is 24.6 Å². The largest absolute Gasteiger partial charge is 0.459 e. The number of aromatic nitrogens is 1. The van der Waals surface area contributed by atoms with E-state index in [1.165, 1.54) is 13.2 Å². The maximum atomic E-state index is 11.9. The number of amides is 2. The number of hydrogen-bond donors (Lipinski definition) is 1. The van der Waals surface area contributed by atoms with Gasteiger partial charge in [0, 0.05) is 18.8 Å². The van der Waals surface area contributed by atoms with Crippen LogP contribution >= 0.6 is 11.6 Å². The maximum Gasteiger partial charge on any atom is 0.414 e. The van der Waals surface area contributed by atoms with Crippen LogP contribution in [0.2, 0.25) is 0 Å². The summed E-state index contributed by atoms with van der Waals surface area (Å²) in [5.41, 5.74) is -0.212. The van der Waals surface area contributed by atoms with Crippen molar-refractivity contribution in [2.45, 2.75) is 33.0 Å². The molecule has 1 rings (SSSR count). The van der Waals surface area contributed by atoms with Crippen molar-refractivity contribution in [3.8, 4) is 0 Å². The Morgan fingerprint density at radius 1 is 1.27 bits per heavy atom. The van der Waals surface area contributed by atoms with Gasteiger partial charge in [0.15, 0.2) is 6.07 Å². The number of nitrogens with zero attached hydrogens (tertiary/aromatic N) is 2. The first kappa shape index (κ1) is 21.5.